The maximum Gasteiger partial charge on any atom is 0.218 e. The van der Waals surface area contributed by atoms with Crippen LogP contribution in [0.3, 0.4) is 0 Å². The molecule has 1 rings (SSSR count). The van der Waals surface area contributed by atoms with E-state index in [9.17, 15) is 0 Å². The molecule has 0 aliphatic carbocycles. The molecule has 0 aromatic carbocycles. The molecule has 0 unspecified atom stereocenters. The maximum atomic E-state index is 5.78. The van der Waals surface area contributed by atoms with Gasteiger partial charge in [-0.1, -0.05) is 11.6 Å². The summed E-state index contributed by atoms with van der Waals surface area (Å²) in [6.07, 6.45) is 0. The number of rotatable bonds is 10. The standard InChI is InChI=1S/C12H19ClN2O4/c1-10-14-11(13)9-12(15-10)19-8-7-18-6-5-17-4-3-16-2/h9H,3-8H2,1-2H3. The number of aromatic nitrogens is 2. The van der Waals surface area contributed by atoms with Gasteiger partial charge in [-0.3, -0.25) is 0 Å². The van der Waals surface area contributed by atoms with Crippen molar-refractivity contribution in [1.82, 2.24) is 9.97 Å². The van der Waals surface area contributed by atoms with Crippen molar-refractivity contribution in [1.29, 1.82) is 0 Å². The van der Waals surface area contributed by atoms with Gasteiger partial charge in [0.2, 0.25) is 5.88 Å². The van der Waals surface area contributed by atoms with E-state index in [-0.39, 0.29) is 0 Å². The largest absolute Gasteiger partial charge is 0.475 e. The number of nitrogens with zero attached hydrogens (tertiary/aromatic N) is 2. The molecule has 0 aliphatic rings. The zero-order valence-corrected chi connectivity index (χ0v) is 12.0. The number of hydrogen-bond donors (Lipinski definition) is 0. The van der Waals surface area contributed by atoms with Gasteiger partial charge in [0.05, 0.1) is 33.0 Å². The van der Waals surface area contributed by atoms with Crippen molar-refractivity contribution in [2.45, 2.75) is 6.92 Å². The molecule has 0 spiro atoms. The lowest BCUT2D eigenvalue weighted by molar-refractivity contribution is 0.0176. The second kappa shape index (κ2) is 9.91. The molecule has 108 valence electrons. The Bertz CT molecular complexity index is 345. The highest BCUT2D eigenvalue weighted by Gasteiger charge is 2.00. The van der Waals surface area contributed by atoms with Crippen molar-refractivity contribution in [3.63, 3.8) is 0 Å². The van der Waals surface area contributed by atoms with Gasteiger partial charge >= 0.3 is 0 Å². The van der Waals surface area contributed by atoms with E-state index in [0.29, 0.717) is 56.5 Å². The SMILES string of the molecule is COCCOCCOCCOc1cc(Cl)nc(C)n1. The van der Waals surface area contributed by atoms with Crippen LogP contribution >= 0.6 is 11.6 Å². The Morgan fingerprint density at radius 1 is 1.00 bits per heavy atom. The summed E-state index contributed by atoms with van der Waals surface area (Å²) in [5.41, 5.74) is 0. The monoisotopic (exact) mass is 290 g/mol. The van der Waals surface area contributed by atoms with Crippen LogP contribution in [0.2, 0.25) is 5.15 Å². The van der Waals surface area contributed by atoms with Crippen LogP contribution in [-0.2, 0) is 14.2 Å². The Labute approximate surface area is 118 Å². The molecule has 0 atom stereocenters. The highest BCUT2D eigenvalue weighted by atomic mass is 35.5. The third kappa shape index (κ3) is 7.94. The summed E-state index contributed by atoms with van der Waals surface area (Å²) in [6.45, 7) is 4.87. The van der Waals surface area contributed by atoms with Gasteiger partial charge in [0, 0.05) is 13.2 Å². The quantitative estimate of drug-likeness (QED) is 0.481. The van der Waals surface area contributed by atoms with Crippen molar-refractivity contribution >= 4 is 11.6 Å². The molecule has 0 amide bonds. The maximum absolute atomic E-state index is 5.78. The van der Waals surface area contributed by atoms with Crippen molar-refractivity contribution in [2.75, 3.05) is 46.8 Å². The minimum atomic E-state index is 0.370. The van der Waals surface area contributed by atoms with Gasteiger partial charge in [-0.15, -0.1) is 0 Å². The third-order valence-electron chi connectivity index (χ3n) is 2.06. The number of ether oxygens (including phenoxy) is 4. The van der Waals surface area contributed by atoms with Crippen LogP contribution in [0.5, 0.6) is 5.88 Å². The van der Waals surface area contributed by atoms with Crippen molar-refractivity contribution in [3.8, 4) is 5.88 Å². The van der Waals surface area contributed by atoms with E-state index < -0.39 is 0 Å². The highest BCUT2D eigenvalue weighted by Crippen LogP contribution is 2.12. The zero-order chi connectivity index (χ0) is 13.9. The molecule has 19 heavy (non-hydrogen) atoms. The molecule has 0 bridgehead atoms. The van der Waals surface area contributed by atoms with Crippen molar-refractivity contribution < 1.29 is 18.9 Å². The van der Waals surface area contributed by atoms with Gasteiger partial charge in [-0.2, -0.15) is 4.98 Å². The average Bonchev–Trinajstić information content (AvgIpc) is 2.36. The molecule has 0 saturated carbocycles. The predicted octanol–water partition coefficient (Wildman–Crippen LogP) is 1.50. The Morgan fingerprint density at radius 2 is 1.63 bits per heavy atom. The first-order valence-corrected chi connectivity index (χ1v) is 6.38. The third-order valence-corrected chi connectivity index (χ3v) is 2.26. The van der Waals surface area contributed by atoms with E-state index in [2.05, 4.69) is 9.97 Å². The van der Waals surface area contributed by atoms with E-state index in [1.807, 2.05) is 0 Å². The van der Waals surface area contributed by atoms with Crippen LogP contribution in [-0.4, -0.2) is 56.7 Å². The van der Waals surface area contributed by atoms with E-state index in [0.717, 1.165) is 0 Å². The minimum Gasteiger partial charge on any atom is -0.475 e. The second-order valence-corrected chi connectivity index (χ2v) is 4.03. The molecule has 0 aliphatic heterocycles. The van der Waals surface area contributed by atoms with Gasteiger partial charge in [0.15, 0.2) is 0 Å². The van der Waals surface area contributed by atoms with Gasteiger partial charge in [-0.25, -0.2) is 4.98 Å². The van der Waals surface area contributed by atoms with E-state index >= 15 is 0 Å². The summed E-state index contributed by atoms with van der Waals surface area (Å²) in [5.74, 6) is 1.03. The molecule has 6 nitrogen and oxygen atoms in total. The molecule has 1 heterocycles. The number of hydrogen-bond acceptors (Lipinski definition) is 6. The molecule has 7 heteroatoms. The van der Waals surface area contributed by atoms with E-state index in [1.165, 1.54) is 0 Å². The second-order valence-electron chi connectivity index (χ2n) is 3.64. The summed E-state index contributed by atoms with van der Waals surface area (Å²) < 4.78 is 20.8. The minimum absolute atomic E-state index is 0.370. The zero-order valence-electron chi connectivity index (χ0n) is 11.2. The lowest BCUT2D eigenvalue weighted by atomic mass is 10.6. The molecule has 1 aromatic rings. The normalized spacial score (nSPS) is 10.7. The highest BCUT2D eigenvalue weighted by molar-refractivity contribution is 6.29. The predicted molar refractivity (Wildman–Crippen MR) is 70.8 cm³/mol. The first-order chi connectivity index (χ1) is 9.22. The Balaban J connectivity index is 2.01. The Morgan fingerprint density at radius 3 is 2.26 bits per heavy atom. The molecule has 0 radical (unpaired) electrons. The van der Waals surface area contributed by atoms with Crippen LogP contribution in [0.4, 0.5) is 0 Å². The summed E-state index contributed by atoms with van der Waals surface area (Å²) in [5, 5.41) is 0.370. The van der Waals surface area contributed by atoms with Crippen LogP contribution in [0.1, 0.15) is 5.82 Å². The fourth-order valence-corrected chi connectivity index (χ4v) is 1.46. The molecule has 0 saturated heterocycles. The smallest absolute Gasteiger partial charge is 0.218 e. The molecular weight excluding hydrogens is 272 g/mol. The molecular formula is C12H19ClN2O4. The van der Waals surface area contributed by atoms with E-state index in [1.54, 1.807) is 20.1 Å². The topological polar surface area (TPSA) is 62.7 Å². The van der Waals surface area contributed by atoms with Crippen molar-refractivity contribution in [2.24, 2.45) is 0 Å². The fraction of sp³-hybridized carbons (Fsp3) is 0.667. The number of halogens is 1. The number of aryl methyl sites for hydroxylation is 1. The van der Waals surface area contributed by atoms with Crippen LogP contribution < -0.4 is 4.74 Å². The van der Waals surface area contributed by atoms with Gasteiger partial charge in [0.1, 0.15) is 17.6 Å². The summed E-state index contributed by atoms with van der Waals surface area (Å²) in [6, 6.07) is 1.57. The van der Waals surface area contributed by atoms with Crippen molar-refractivity contribution in [3.05, 3.63) is 17.0 Å². The molecule has 0 fully saturated rings. The van der Waals surface area contributed by atoms with E-state index in [4.69, 9.17) is 30.5 Å². The summed E-state index contributed by atoms with van der Waals surface area (Å²) in [7, 11) is 1.64. The summed E-state index contributed by atoms with van der Waals surface area (Å²) >= 11 is 5.78. The van der Waals surface area contributed by atoms with Gasteiger partial charge in [0.25, 0.3) is 0 Å². The van der Waals surface area contributed by atoms with Crippen LogP contribution in [0, 0.1) is 6.92 Å². The lowest BCUT2D eigenvalue weighted by Gasteiger charge is -2.07. The van der Waals surface area contributed by atoms with Gasteiger partial charge in [-0.05, 0) is 6.92 Å². The Hall–Kier alpha value is -0.950. The first-order valence-electron chi connectivity index (χ1n) is 6.01. The summed E-state index contributed by atoms with van der Waals surface area (Å²) in [4.78, 5) is 8.03. The number of methoxy groups -OCH3 is 1. The van der Waals surface area contributed by atoms with Gasteiger partial charge < -0.3 is 18.9 Å². The fourth-order valence-electron chi connectivity index (χ4n) is 1.25. The van der Waals surface area contributed by atoms with Crippen LogP contribution in [0.25, 0.3) is 0 Å². The lowest BCUT2D eigenvalue weighted by Crippen LogP contribution is -2.12. The average molecular weight is 291 g/mol. The molecule has 1 aromatic heterocycles. The van der Waals surface area contributed by atoms with Crippen LogP contribution in [0.15, 0.2) is 6.07 Å². The Kier molecular flexibility index (Phi) is 8.40. The molecule has 0 N–H and O–H groups in total. The first kappa shape index (κ1) is 16.1.